The first-order valence-electron chi connectivity index (χ1n) is 5.57. The summed E-state index contributed by atoms with van der Waals surface area (Å²) in [5, 5.41) is 3.37. The van der Waals surface area contributed by atoms with Crippen molar-refractivity contribution >= 4 is 0 Å². The molecule has 0 amide bonds. The van der Waals surface area contributed by atoms with Crippen molar-refractivity contribution in [2.24, 2.45) is 0 Å². The second-order valence-corrected chi connectivity index (χ2v) is 4.51. The zero-order valence-electron chi connectivity index (χ0n) is 9.64. The molecule has 0 radical (unpaired) electrons. The molecule has 0 aliphatic carbocycles. The van der Waals surface area contributed by atoms with Gasteiger partial charge in [0.05, 0.1) is 6.04 Å². The summed E-state index contributed by atoms with van der Waals surface area (Å²) in [6, 6.07) is 0.158. The molecule has 14 heavy (non-hydrogen) atoms. The molecule has 0 saturated carbocycles. The largest absolute Gasteiger partial charge is 0.302 e. The Balaban J connectivity index is 2.65. The molecule has 1 unspecified atom stereocenters. The fraction of sp³-hybridized carbons (Fsp3) is 0.833. The molecule has 80 valence electrons. The molecular weight excluding hydrogens is 172 g/mol. The number of likely N-dealkylation sites (N-methyl/N-ethyl adjacent to an activating group) is 1. The first-order chi connectivity index (χ1) is 6.62. The van der Waals surface area contributed by atoms with Crippen molar-refractivity contribution in [2.45, 2.75) is 45.2 Å². The van der Waals surface area contributed by atoms with E-state index in [-0.39, 0.29) is 11.6 Å². The average molecular weight is 194 g/mol. The maximum atomic E-state index is 5.57. The molecule has 0 aromatic rings. The normalized spacial score (nSPS) is 20.7. The van der Waals surface area contributed by atoms with Gasteiger partial charge in [0.25, 0.3) is 0 Å². The van der Waals surface area contributed by atoms with Crippen LogP contribution in [0.4, 0.5) is 0 Å². The molecule has 1 N–H and O–H groups in total. The highest BCUT2D eigenvalue weighted by atomic mass is 15.2. The van der Waals surface area contributed by atoms with Gasteiger partial charge < -0.3 is 5.32 Å². The summed E-state index contributed by atoms with van der Waals surface area (Å²) in [5.41, 5.74) is 0.0846. The van der Waals surface area contributed by atoms with Crippen LogP contribution in [-0.4, -0.2) is 36.1 Å². The third-order valence-electron chi connectivity index (χ3n) is 3.20. The van der Waals surface area contributed by atoms with Gasteiger partial charge in [-0.05, 0) is 46.3 Å². The van der Waals surface area contributed by atoms with Crippen molar-refractivity contribution in [3.05, 3.63) is 0 Å². The van der Waals surface area contributed by atoms with Crippen LogP contribution in [0.1, 0.15) is 33.6 Å². The van der Waals surface area contributed by atoms with E-state index >= 15 is 0 Å². The van der Waals surface area contributed by atoms with Crippen LogP contribution in [-0.2, 0) is 0 Å². The number of likely N-dealkylation sites (tertiary alicyclic amines) is 1. The van der Waals surface area contributed by atoms with Crippen LogP contribution < -0.4 is 5.32 Å². The Morgan fingerprint density at radius 3 is 2.43 bits per heavy atom. The van der Waals surface area contributed by atoms with Gasteiger partial charge in [-0.3, -0.25) is 4.90 Å². The highest BCUT2D eigenvalue weighted by Gasteiger charge is 2.35. The number of nitrogens with one attached hydrogen (secondary N) is 1. The third kappa shape index (κ3) is 2.29. The van der Waals surface area contributed by atoms with Gasteiger partial charge in [-0.2, -0.15) is 0 Å². The Hall–Kier alpha value is -0.520. The van der Waals surface area contributed by atoms with E-state index in [0.717, 1.165) is 6.54 Å². The SMILES string of the molecule is C#CC(NCC)C(C)(C)N1CCCC1. The number of hydrogen-bond acceptors (Lipinski definition) is 2. The minimum absolute atomic E-state index is 0.0846. The molecule has 2 heteroatoms. The van der Waals surface area contributed by atoms with Crippen LogP contribution in [0.2, 0.25) is 0 Å². The van der Waals surface area contributed by atoms with Gasteiger partial charge in [0.1, 0.15) is 0 Å². The summed E-state index contributed by atoms with van der Waals surface area (Å²) >= 11 is 0. The van der Waals surface area contributed by atoms with Gasteiger partial charge in [0.2, 0.25) is 0 Å². The van der Waals surface area contributed by atoms with Crippen LogP contribution in [0, 0.1) is 12.3 Å². The van der Waals surface area contributed by atoms with E-state index in [0.29, 0.717) is 0 Å². The lowest BCUT2D eigenvalue weighted by molar-refractivity contribution is 0.129. The lowest BCUT2D eigenvalue weighted by Gasteiger charge is -2.40. The fourth-order valence-corrected chi connectivity index (χ4v) is 2.19. The molecule has 1 saturated heterocycles. The van der Waals surface area contributed by atoms with Crippen molar-refractivity contribution in [1.29, 1.82) is 0 Å². The molecule has 1 atom stereocenters. The van der Waals surface area contributed by atoms with Crippen molar-refractivity contribution in [1.82, 2.24) is 10.2 Å². The highest BCUT2D eigenvalue weighted by molar-refractivity contribution is 5.11. The predicted molar refractivity (Wildman–Crippen MR) is 61.2 cm³/mol. The van der Waals surface area contributed by atoms with Gasteiger partial charge in [0.15, 0.2) is 0 Å². The molecule has 0 spiro atoms. The van der Waals surface area contributed by atoms with Crippen molar-refractivity contribution < 1.29 is 0 Å². The molecule has 0 aromatic heterocycles. The van der Waals surface area contributed by atoms with Crippen LogP contribution in [0.25, 0.3) is 0 Å². The molecular formula is C12H22N2. The monoisotopic (exact) mass is 194 g/mol. The number of terminal acetylenes is 1. The van der Waals surface area contributed by atoms with Crippen LogP contribution in [0.5, 0.6) is 0 Å². The molecule has 1 fully saturated rings. The van der Waals surface area contributed by atoms with E-state index in [4.69, 9.17) is 6.42 Å². The summed E-state index contributed by atoms with van der Waals surface area (Å²) in [6.45, 7) is 9.90. The Labute approximate surface area is 88.1 Å². The van der Waals surface area contributed by atoms with E-state index in [1.807, 2.05) is 0 Å². The zero-order valence-corrected chi connectivity index (χ0v) is 9.64. The van der Waals surface area contributed by atoms with Crippen molar-refractivity contribution in [2.75, 3.05) is 19.6 Å². The topological polar surface area (TPSA) is 15.3 Å². The number of nitrogens with zero attached hydrogens (tertiary/aromatic N) is 1. The van der Waals surface area contributed by atoms with E-state index in [9.17, 15) is 0 Å². The Morgan fingerprint density at radius 1 is 1.43 bits per heavy atom. The second-order valence-electron chi connectivity index (χ2n) is 4.51. The van der Waals surface area contributed by atoms with Gasteiger partial charge in [-0.1, -0.05) is 12.8 Å². The molecule has 1 aliphatic heterocycles. The highest BCUT2D eigenvalue weighted by Crippen LogP contribution is 2.23. The van der Waals surface area contributed by atoms with Gasteiger partial charge in [-0.25, -0.2) is 0 Å². The summed E-state index contributed by atoms with van der Waals surface area (Å²) in [7, 11) is 0. The van der Waals surface area contributed by atoms with Crippen LogP contribution >= 0.6 is 0 Å². The summed E-state index contributed by atoms with van der Waals surface area (Å²) < 4.78 is 0. The van der Waals surface area contributed by atoms with Gasteiger partial charge >= 0.3 is 0 Å². The van der Waals surface area contributed by atoms with E-state index in [2.05, 4.69) is 36.9 Å². The zero-order chi connectivity index (χ0) is 10.6. The first-order valence-corrected chi connectivity index (χ1v) is 5.57. The number of hydrogen-bond donors (Lipinski definition) is 1. The maximum Gasteiger partial charge on any atom is 0.0867 e. The molecule has 0 aromatic carbocycles. The Bertz CT molecular complexity index is 209. The molecule has 1 heterocycles. The van der Waals surface area contributed by atoms with E-state index < -0.39 is 0 Å². The van der Waals surface area contributed by atoms with Gasteiger partial charge in [-0.15, -0.1) is 6.42 Å². The van der Waals surface area contributed by atoms with Gasteiger partial charge in [0, 0.05) is 5.54 Å². The molecule has 1 rings (SSSR count). The smallest absolute Gasteiger partial charge is 0.0867 e. The van der Waals surface area contributed by atoms with E-state index in [1.165, 1.54) is 25.9 Å². The Kier molecular flexibility index (Phi) is 3.97. The summed E-state index contributed by atoms with van der Waals surface area (Å²) in [6.07, 6.45) is 8.20. The summed E-state index contributed by atoms with van der Waals surface area (Å²) in [4.78, 5) is 2.50. The van der Waals surface area contributed by atoms with Crippen molar-refractivity contribution in [3.63, 3.8) is 0 Å². The van der Waals surface area contributed by atoms with E-state index in [1.54, 1.807) is 0 Å². The minimum atomic E-state index is 0.0846. The third-order valence-corrected chi connectivity index (χ3v) is 3.20. The number of rotatable bonds is 4. The van der Waals surface area contributed by atoms with Crippen LogP contribution in [0.3, 0.4) is 0 Å². The summed E-state index contributed by atoms with van der Waals surface area (Å²) in [5.74, 6) is 2.87. The predicted octanol–water partition coefficient (Wildman–Crippen LogP) is 1.47. The fourth-order valence-electron chi connectivity index (χ4n) is 2.19. The Morgan fingerprint density at radius 2 is 2.00 bits per heavy atom. The quantitative estimate of drug-likeness (QED) is 0.682. The second kappa shape index (κ2) is 4.82. The maximum absolute atomic E-state index is 5.57. The first kappa shape index (κ1) is 11.6. The molecule has 0 bridgehead atoms. The minimum Gasteiger partial charge on any atom is -0.302 e. The lowest BCUT2D eigenvalue weighted by Crippen LogP contribution is -2.56. The van der Waals surface area contributed by atoms with Crippen LogP contribution in [0.15, 0.2) is 0 Å². The molecule has 1 aliphatic rings. The lowest BCUT2D eigenvalue weighted by atomic mass is 9.93. The van der Waals surface area contributed by atoms with Crippen molar-refractivity contribution in [3.8, 4) is 12.3 Å². The average Bonchev–Trinajstić information content (AvgIpc) is 2.66. The molecule has 2 nitrogen and oxygen atoms in total. The standard InChI is InChI=1S/C12H22N2/c1-5-11(13-6-2)12(3,4)14-9-7-8-10-14/h1,11,13H,6-10H2,2-4H3.